The molecule has 1 N–H and O–H groups in total. The summed E-state index contributed by atoms with van der Waals surface area (Å²) in [4.78, 5) is 4.73. The molecule has 0 spiro atoms. The van der Waals surface area contributed by atoms with Crippen molar-refractivity contribution in [3.63, 3.8) is 0 Å². The third kappa shape index (κ3) is 3.09. The van der Waals surface area contributed by atoms with Gasteiger partial charge in [-0.25, -0.2) is 0 Å². The molecule has 100 valence electrons. The molecular weight excluding hydrogens is 260 g/mol. The fraction of sp³-hybridized carbons (Fsp3) is 0.643. The SMILES string of the molecule is CCC1(CC)CN=C(NCc2cscc2C)SC1. The highest BCUT2D eigenvalue weighted by molar-refractivity contribution is 8.13. The van der Waals surface area contributed by atoms with Crippen molar-refractivity contribution in [1.29, 1.82) is 0 Å². The molecule has 0 fully saturated rings. The fourth-order valence-corrected chi connectivity index (χ4v) is 4.21. The summed E-state index contributed by atoms with van der Waals surface area (Å²) >= 11 is 3.66. The molecule has 2 rings (SSSR count). The van der Waals surface area contributed by atoms with E-state index < -0.39 is 0 Å². The minimum absolute atomic E-state index is 0.439. The van der Waals surface area contributed by atoms with Crippen LogP contribution in [0.5, 0.6) is 0 Å². The average molecular weight is 282 g/mol. The summed E-state index contributed by atoms with van der Waals surface area (Å²) in [7, 11) is 0. The van der Waals surface area contributed by atoms with Crippen molar-refractivity contribution in [3.05, 3.63) is 21.9 Å². The van der Waals surface area contributed by atoms with E-state index in [1.165, 1.54) is 29.7 Å². The van der Waals surface area contributed by atoms with Gasteiger partial charge < -0.3 is 5.32 Å². The van der Waals surface area contributed by atoms with Gasteiger partial charge in [0, 0.05) is 18.8 Å². The van der Waals surface area contributed by atoms with Gasteiger partial charge in [-0.2, -0.15) is 11.3 Å². The maximum absolute atomic E-state index is 4.73. The summed E-state index contributed by atoms with van der Waals surface area (Å²) < 4.78 is 0. The molecule has 1 aromatic rings. The fourth-order valence-electron chi connectivity index (χ4n) is 2.08. The topological polar surface area (TPSA) is 24.4 Å². The van der Waals surface area contributed by atoms with Gasteiger partial charge in [0.15, 0.2) is 5.17 Å². The van der Waals surface area contributed by atoms with Crippen LogP contribution in [-0.4, -0.2) is 17.5 Å². The first-order valence-corrected chi connectivity index (χ1v) is 8.55. The lowest BCUT2D eigenvalue weighted by molar-refractivity contribution is 0.318. The first-order valence-electron chi connectivity index (χ1n) is 6.62. The van der Waals surface area contributed by atoms with Crippen LogP contribution in [0.4, 0.5) is 0 Å². The van der Waals surface area contributed by atoms with Gasteiger partial charge in [0.25, 0.3) is 0 Å². The Balaban J connectivity index is 1.89. The summed E-state index contributed by atoms with van der Waals surface area (Å²) in [5.74, 6) is 1.20. The molecule has 2 nitrogen and oxygen atoms in total. The molecule has 0 unspecified atom stereocenters. The van der Waals surface area contributed by atoms with Crippen LogP contribution in [0.1, 0.15) is 37.8 Å². The van der Waals surface area contributed by atoms with Gasteiger partial charge in [-0.05, 0) is 47.1 Å². The number of thiophene rings is 1. The van der Waals surface area contributed by atoms with E-state index in [1.807, 2.05) is 11.8 Å². The number of nitrogens with one attached hydrogen (secondary N) is 1. The Morgan fingerprint density at radius 3 is 2.61 bits per heavy atom. The summed E-state index contributed by atoms with van der Waals surface area (Å²) in [5.41, 5.74) is 3.21. The van der Waals surface area contributed by atoms with Crippen molar-refractivity contribution in [3.8, 4) is 0 Å². The smallest absolute Gasteiger partial charge is 0.156 e. The zero-order valence-electron chi connectivity index (χ0n) is 11.5. The van der Waals surface area contributed by atoms with Crippen molar-refractivity contribution < 1.29 is 0 Å². The Bertz CT molecular complexity index is 419. The van der Waals surface area contributed by atoms with E-state index in [4.69, 9.17) is 4.99 Å². The number of amidine groups is 1. The lowest BCUT2D eigenvalue weighted by atomic mass is 9.84. The van der Waals surface area contributed by atoms with Crippen LogP contribution in [0.25, 0.3) is 0 Å². The molecule has 0 saturated carbocycles. The van der Waals surface area contributed by atoms with Gasteiger partial charge in [-0.15, -0.1) is 0 Å². The second kappa shape index (κ2) is 6.11. The van der Waals surface area contributed by atoms with Crippen molar-refractivity contribution in [2.75, 3.05) is 12.3 Å². The number of aliphatic imine (C=N–C) groups is 1. The maximum atomic E-state index is 4.73. The highest BCUT2D eigenvalue weighted by Gasteiger charge is 2.29. The van der Waals surface area contributed by atoms with Crippen LogP contribution < -0.4 is 5.32 Å². The minimum atomic E-state index is 0.439. The van der Waals surface area contributed by atoms with Crippen LogP contribution >= 0.6 is 23.1 Å². The standard InChI is InChI=1S/C14H22N2S2/c1-4-14(5-2)9-16-13(18-10-14)15-6-12-8-17-7-11(12)3/h7-8H,4-6,9-10H2,1-3H3,(H,15,16). The van der Waals surface area contributed by atoms with Gasteiger partial charge in [-0.3, -0.25) is 4.99 Å². The number of hydrogen-bond acceptors (Lipinski definition) is 4. The average Bonchev–Trinajstić information content (AvgIpc) is 2.83. The third-order valence-electron chi connectivity index (χ3n) is 3.96. The predicted octanol–water partition coefficient (Wildman–Crippen LogP) is 4.06. The number of aryl methyl sites for hydroxylation is 1. The van der Waals surface area contributed by atoms with Gasteiger partial charge in [0.2, 0.25) is 0 Å². The Labute approximate surface area is 118 Å². The molecule has 2 heterocycles. The molecule has 18 heavy (non-hydrogen) atoms. The predicted molar refractivity (Wildman–Crippen MR) is 83.7 cm³/mol. The number of hydrogen-bond donors (Lipinski definition) is 1. The van der Waals surface area contributed by atoms with E-state index in [1.54, 1.807) is 11.3 Å². The van der Waals surface area contributed by atoms with Gasteiger partial charge in [-0.1, -0.05) is 25.6 Å². The zero-order chi connectivity index (χ0) is 13.0. The van der Waals surface area contributed by atoms with Crippen LogP contribution in [0.3, 0.4) is 0 Å². The number of rotatable bonds is 4. The van der Waals surface area contributed by atoms with E-state index in [0.29, 0.717) is 5.41 Å². The molecule has 1 aliphatic rings. The van der Waals surface area contributed by atoms with Gasteiger partial charge in [0.1, 0.15) is 0 Å². The minimum Gasteiger partial charge on any atom is -0.361 e. The lowest BCUT2D eigenvalue weighted by Gasteiger charge is -2.33. The highest BCUT2D eigenvalue weighted by Crippen LogP contribution is 2.34. The maximum Gasteiger partial charge on any atom is 0.156 e. The Hall–Kier alpha value is -0.480. The van der Waals surface area contributed by atoms with E-state index in [9.17, 15) is 0 Å². The molecule has 0 radical (unpaired) electrons. The van der Waals surface area contributed by atoms with E-state index in [2.05, 4.69) is 36.8 Å². The molecule has 1 aliphatic heterocycles. The summed E-state index contributed by atoms with van der Waals surface area (Å²) in [6.07, 6.45) is 2.47. The van der Waals surface area contributed by atoms with Crippen molar-refractivity contribution in [1.82, 2.24) is 5.32 Å². The second-order valence-electron chi connectivity index (χ2n) is 5.05. The molecule has 0 aromatic carbocycles. The van der Waals surface area contributed by atoms with Crippen LogP contribution in [0.15, 0.2) is 15.8 Å². The molecule has 0 saturated heterocycles. The monoisotopic (exact) mass is 282 g/mol. The Morgan fingerprint density at radius 1 is 1.33 bits per heavy atom. The summed E-state index contributed by atoms with van der Waals surface area (Å²) in [6.45, 7) is 8.63. The number of nitrogens with zero attached hydrogens (tertiary/aromatic N) is 1. The molecular formula is C14H22N2S2. The largest absolute Gasteiger partial charge is 0.361 e. The van der Waals surface area contributed by atoms with Crippen LogP contribution in [-0.2, 0) is 6.54 Å². The van der Waals surface area contributed by atoms with E-state index in [-0.39, 0.29) is 0 Å². The van der Waals surface area contributed by atoms with Crippen LogP contribution in [0.2, 0.25) is 0 Å². The van der Waals surface area contributed by atoms with Gasteiger partial charge >= 0.3 is 0 Å². The molecule has 0 atom stereocenters. The van der Waals surface area contributed by atoms with E-state index in [0.717, 1.165) is 18.3 Å². The lowest BCUT2D eigenvalue weighted by Crippen LogP contribution is -2.34. The molecule has 1 aromatic heterocycles. The van der Waals surface area contributed by atoms with Crippen molar-refractivity contribution in [2.45, 2.75) is 40.2 Å². The van der Waals surface area contributed by atoms with Crippen molar-refractivity contribution in [2.24, 2.45) is 10.4 Å². The quantitative estimate of drug-likeness (QED) is 0.900. The second-order valence-corrected chi connectivity index (χ2v) is 6.76. The Morgan fingerprint density at radius 2 is 2.11 bits per heavy atom. The third-order valence-corrected chi connectivity index (χ3v) is 6.18. The first kappa shape index (κ1) is 13.9. The van der Waals surface area contributed by atoms with Gasteiger partial charge in [0.05, 0.1) is 0 Å². The highest BCUT2D eigenvalue weighted by atomic mass is 32.2. The van der Waals surface area contributed by atoms with Crippen LogP contribution in [0, 0.1) is 12.3 Å². The normalized spacial score (nSPS) is 18.5. The van der Waals surface area contributed by atoms with E-state index >= 15 is 0 Å². The summed E-state index contributed by atoms with van der Waals surface area (Å²) in [6, 6.07) is 0. The molecule has 0 aliphatic carbocycles. The first-order chi connectivity index (χ1) is 8.69. The molecule has 4 heteroatoms. The zero-order valence-corrected chi connectivity index (χ0v) is 13.1. The number of thioether (sulfide) groups is 1. The summed E-state index contributed by atoms with van der Waals surface area (Å²) in [5, 5.41) is 9.02. The van der Waals surface area contributed by atoms with Crippen molar-refractivity contribution >= 4 is 28.3 Å². The molecule has 0 amide bonds. The Kier molecular flexibility index (Phi) is 4.73. The molecule has 0 bridgehead atoms.